The van der Waals surface area contributed by atoms with Crippen LogP contribution in [0, 0.1) is 0 Å². The van der Waals surface area contributed by atoms with Crippen LogP contribution >= 0.6 is 11.6 Å². The van der Waals surface area contributed by atoms with Crippen LogP contribution in [0.3, 0.4) is 0 Å². The number of halogens is 1. The summed E-state index contributed by atoms with van der Waals surface area (Å²) in [4.78, 5) is 0.165. The van der Waals surface area contributed by atoms with Crippen LogP contribution in [0.25, 0.3) is 0 Å². The molecule has 1 aliphatic carbocycles. The quantitative estimate of drug-likeness (QED) is 0.764. The molecule has 1 N–H and O–H groups in total. The van der Waals surface area contributed by atoms with Crippen molar-refractivity contribution in [1.29, 1.82) is 0 Å². The molecule has 2 rings (SSSR count). The van der Waals surface area contributed by atoms with Crippen molar-refractivity contribution < 1.29 is 13.2 Å². The molecule has 1 aromatic carbocycles. The Hall–Kier alpha value is -1.04. The molecule has 22 heavy (non-hydrogen) atoms. The summed E-state index contributed by atoms with van der Waals surface area (Å²) in [5.74, 6) is 0.496. The maximum Gasteiger partial charge on any atom is 0.240 e. The summed E-state index contributed by atoms with van der Waals surface area (Å²) in [6.45, 7) is 2.75. The molecule has 0 aliphatic heterocycles. The summed E-state index contributed by atoms with van der Waals surface area (Å²) in [6, 6.07) is 4.53. The van der Waals surface area contributed by atoms with Crippen LogP contribution < -0.4 is 9.46 Å². The second-order valence-electron chi connectivity index (χ2n) is 5.28. The van der Waals surface area contributed by atoms with E-state index in [9.17, 15) is 8.42 Å². The van der Waals surface area contributed by atoms with Gasteiger partial charge in [-0.3, -0.25) is 0 Å². The summed E-state index contributed by atoms with van der Waals surface area (Å²) in [7, 11) is -3.53. The normalized spacial score (nSPS) is 15.5. The van der Waals surface area contributed by atoms with Gasteiger partial charge in [0.15, 0.2) is 0 Å². The Bertz CT molecular complexity index is 641. The zero-order chi connectivity index (χ0) is 16.0. The van der Waals surface area contributed by atoms with Gasteiger partial charge in [0.05, 0.1) is 16.5 Å². The van der Waals surface area contributed by atoms with Crippen LogP contribution in [0.2, 0.25) is 5.02 Å². The molecule has 0 spiro atoms. The lowest BCUT2D eigenvalue weighted by Crippen LogP contribution is -2.25. The van der Waals surface area contributed by atoms with Crippen molar-refractivity contribution in [2.75, 3.05) is 13.2 Å². The first-order valence-electron chi connectivity index (χ1n) is 7.63. The van der Waals surface area contributed by atoms with E-state index < -0.39 is 10.0 Å². The number of hydrogen-bond donors (Lipinski definition) is 1. The molecule has 6 heteroatoms. The maximum absolute atomic E-state index is 12.3. The van der Waals surface area contributed by atoms with E-state index in [1.165, 1.54) is 30.5 Å². The number of allylic oxidation sites excluding steroid dienone is 1. The van der Waals surface area contributed by atoms with Crippen molar-refractivity contribution in [2.24, 2.45) is 0 Å². The Labute approximate surface area is 137 Å². The predicted octanol–water partition coefficient (Wildman–Crippen LogP) is 3.91. The summed E-state index contributed by atoms with van der Waals surface area (Å²) < 4.78 is 32.5. The lowest BCUT2D eigenvalue weighted by atomic mass is 9.97. The molecule has 0 radical (unpaired) electrons. The molecule has 0 atom stereocenters. The second-order valence-corrected chi connectivity index (χ2v) is 7.46. The van der Waals surface area contributed by atoms with Gasteiger partial charge in [-0.05, 0) is 57.2 Å². The molecule has 4 nitrogen and oxygen atoms in total. The summed E-state index contributed by atoms with van der Waals surface area (Å²) in [5, 5.41) is 0.305. The van der Waals surface area contributed by atoms with Crippen molar-refractivity contribution in [3.05, 3.63) is 34.9 Å². The molecule has 0 heterocycles. The van der Waals surface area contributed by atoms with Crippen molar-refractivity contribution in [3.8, 4) is 5.75 Å². The minimum atomic E-state index is -3.53. The van der Waals surface area contributed by atoms with Crippen LogP contribution in [0.4, 0.5) is 0 Å². The monoisotopic (exact) mass is 343 g/mol. The lowest BCUT2D eigenvalue weighted by molar-refractivity contribution is 0.340. The molecule has 0 unspecified atom stereocenters. The van der Waals surface area contributed by atoms with E-state index in [4.69, 9.17) is 16.3 Å². The Kier molecular flexibility index (Phi) is 6.29. The van der Waals surface area contributed by atoms with E-state index in [0.717, 1.165) is 19.3 Å². The van der Waals surface area contributed by atoms with Crippen molar-refractivity contribution in [2.45, 2.75) is 43.9 Å². The molecule has 1 aromatic rings. The molecule has 122 valence electrons. The molecule has 0 saturated heterocycles. The Morgan fingerprint density at radius 3 is 2.77 bits per heavy atom. The predicted molar refractivity (Wildman–Crippen MR) is 89.0 cm³/mol. The van der Waals surface area contributed by atoms with E-state index in [-0.39, 0.29) is 4.90 Å². The molecule has 0 amide bonds. The minimum Gasteiger partial charge on any atom is -0.492 e. The third kappa shape index (κ3) is 4.73. The van der Waals surface area contributed by atoms with Crippen LogP contribution in [-0.2, 0) is 10.0 Å². The van der Waals surface area contributed by atoms with Gasteiger partial charge in [-0.15, -0.1) is 0 Å². The number of hydrogen-bond acceptors (Lipinski definition) is 3. The standard InChI is InChI=1S/C16H22ClNO3S/c1-2-21-16-9-8-14(12-15(16)17)22(19,20)18-11-10-13-6-4-3-5-7-13/h6,8-9,12,18H,2-5,7,10-11H2,1H3. The van der Waals surface area contributed by atoms with E-state index in [0.29, 0.717) is 23.9 Å². The van der Waals surface area contributed by atoms with Gasteiger partial charge in [0, 0.05) is 6.54 Å². The molecule has 0 saturated carbocycles. The van der Waals surface area contributed by atoms with Gasteiger partial charge in [0.1, 0.15) is 5.75 Å². The molecular formula is C16H22ClNO3S. The first-order valence-corrected chi connectivity index (χ1v) is 9.49. The molecule has 1 aliphatic rings. The summed E-state index contributed by atoms with van der Waals surface area (Å²) in [5.41, 5.74) is 1.35. The third-order valence-electron chi connectivity index (χ3n) is 3.64. The number of benzene rings is 1. The number of ether oxygens (including phenoxy) is 1. The van der Waals surface area contributed by atoms with E-state index in [1.54, 1.807) is 6.07 Å². The van der Waals surface area contributed by atoms with Crippen molar-refractivity contribution >= 4 is 21.6 Å². The first kappa shape index (κ1) is 17.3. The average molecular weight is 344 g/mol. The Balaban J connectivity index is 1.97. The zero-order valence-corrected chi connectivity index (χ0v) is 14.3. The highest BCUT2D eigenvalue weighted by molar-refractivity contribution is 7.89. The van der Waals surface area contributed by atoms with E-state index >= 15 is 0 Å². The van der Waals surface area contributed by atoms with Gasteiger partial charge < -0.3 is 4.74 Å². The number of sulfonamides is 1. The van der Waals surface area contributed by atoms with E-state index in [2.05, 4.69) is 10.8 Å². The van der Waals surface area contributed by atoms with Gasteiger partial charge in [-0.2, -0.15) is 0 Å². The molecule has 0 fully saturated rings. The Morgan fingerprint density at radius 1 is 1.32 bits per heavy atom. The SMILES string of the molecule is CCOc1ccc(S(=O)(=O)NCCC2=CCCCC2)cc1Cl. The maximum atomic E-state index is 12.3. The number of nitrogens with one attached hydrogen (secondary N) is 1. The van der Waals surface area contributed by atoms with Crippen LogP contribution in [-0.4, -0.2) is 21.6 Å². The lowest BCUT2D eigenvalue weighted by Gasteiger charge is -2.13. The van der Waals surface area contributed by atoms with Crippen LogP contribution in [0.15, 0.2) is 34.7 Å². The third-order valence-corrected chi connectivity index (χ3v) is 5.39. The number of rotatable bonds is 7. The first-order chi connectivity index (χ1) is 10.5. The average Bonchev–Trinajstić information content (AvgIpc) is 2.50. The smallest absolute Gasteiger partial charge is 0.240 e. The fraction of sp³-hybridized carbons (Fsp3) is 0.500. The fourth-order valence-corrected chi connectivity index (χ4v) is 3.84. The van der Waals surface area contributed by atoms with Gasteiger partial charge in [-0.1, -0.05) is 23.3 Å². The van der Waals surface area contributed by atoms with Gasteiger partial charge in [0.25, 0.3) is 0 Å². The van der Waals surface area contributed by atoms with E-state index in [1.807, 2.05) is 6.92 Å². The minimum absolute atomic E-state index is 0.165. The topological polar surface area (TPSA) is 55.4 Å². The zero-order valence-electron chi connectivity index (χ0n) is 12.8. The van der Waals surface area contributed by atoms with Crippen LogP contribution in [0.5, 0.6) is 5.75 Å². The highest BCUT2D eigenvalue weighted by Crippen LogP contribution is 2.27. The van der Waals surface area contributed by atoms with Crippen molar-refractivity contribution in [1.82, 2.24) is 4.72 Å². The molecule has 0 bridgehead atoms. The van der Waals surface area contributed by atoms with Crippen LogP contribution in [0.1, 0.15) is 39.0 Å². The highest BCUT2D eigenvalue weighted by atomic mass is 35.5. The Morgan fingerprint density at radius 2 is 2.14 bits per heavy atom. The largest absolute Gasteiger partial charge is 0.492 e. The highest BCUT2D eigenvalue weighted by Gasteiger charge is 2.16. The van der Waals surface area contributed by atoms with Gasteiger partial charge in [-0.25, -0.2) is 13.1 Å². The fourth-order valence-electron chi connectivity index (χ4n) is 2.48. The molecular weight excluding hydrogens is 322 g/mol. The van der Waals surface area contributed by atoms with Crippen molar-refractivity contribution in [3.63, 3.8) is 0 Å². The van der Waals surface area contributed by atoms with Gasteiger partial charge >= 0.3 is 0 Å². The summed E-state index contributed by atoms with van der Waals surface area (Å²) in [6.07, 6.45) is 7.62. The summed E-state index contributed by atoms with van der Waals surface area (Å²) >= 11 is 6.04. The second kappa shape index (κ2) is 7.99. The van der Waals surface area contributed by atoms with Gasteiger partial charge in [0.2, 0.25) is 10.0 Å². The molecule has 0 aromatic heterocycles.